The molecule has 0 amide bonds. The summed E-state index contributed by atoms with van der Waals surface area (Å²) in [5.41, 5.74) is 0. The summed E-state index contributed by atoms with van der Waals surface area (Å²) in [6.45, 7) is 0. The molecule has 0 fully saturated rings. The number of benzene rings is 1. The van der Waals surface area contributed by atoms with Crippen LogP contribution in [0.2, 0.25) is 0 Å². The summed E-state index contributed by atoms with van der Waals surface area (Å²) in [5, 5.41) is 0. The van der Waals surface area contributed by atoms with Crippen molar-refractivity contribution in [1.82, 2.24) is 0 Å². The average Bonchev–Trinajstić information content (AvgIpc) is 2.01. The highest BCUT2D eigenvalue weighted by Crippen LogP contribution is 2.14. The molecule has 0 aromatic heterocycles. The smallest absolute Gasteiger partial charge is 0.282 e. The molecule has 14 heavy (non-hydrogen) atoms. The molecule has 0 heterocycles. The van der Waals surface area contributed by atoms with E-state index in [9.17, 15) is 16.8 Å². The first kappa shape index (κ1) is 11.1. The quantitative estimate of drug-likeness (QED) is 0.711. The van der Waals surface area contributed by atoms with Crippen molar-refractivity contribution >= 4 is 20.2 Å². The van der Waals surface area contributed by atoms with Gasteiger partial charge in [-0.15, -0.1) is 0 Å². The molecule has 0 saturated heterocycles. The van der Waals surface area contributed by atoms with E-state index in [1.54, 1.807) is 0 Å². The zero-order valence-electron chi connectivity index (χ0n) is 6.65. The van der Waals surface area contributed by atoms with Crippen molar-refractivity contribution in [2.75, 3.05) is 0 Å². The molecular formula is C6H6O6S2. The zero-order valence-corrected chi connectivity index (χ0v) is 8.29. The van der Waals surface area contributed by atoms with Crippen LogP contribution in [0.3, 0.4) is 0 Å². The van der Waals surface area contributed by atoms with E-state index < -0.39 is 30.0 Å². The second-order valence-electron chi connectivity index (χ2n) is 2.42. The van der Waals surface area contributed by atoms with Gasteiger partial charge < -0.3 is 0 Å². The van der Waals surface area contributed by atoms with E-state index in [1.165, 1.54) is 0 Å². The number of hydrogen-bond acceptors (Lipinski definition) is 4. The minimum absolute atomic E-state index is 0.590. The summed E-state index contributed by atoms with van der Waals surface area (Å²) >= 11 is 0. The maximum absolute atomic E-state index is 10.6. The van der Waals surface area contributed by atoms with E-state index in [-0.39, 0.29) is 0 Å². The van der Waals surface area contributed by atoms with E-state index >= 15 is 0 Å². The Bertz CT molecular complexity index is 494. The fourth-order valence-corrected chi connectivity index (χ4v) is 1.92. The topological polar surface area (TPSA) is 109 Å². The third-order valence-electron chi connectivity index (χ3n) is 1.40. The van der Waals surface area contributed by atoms with Gasteiger partial charge in [0.1, 0.15) is 0 Å². The molecule has 0 saturated carbocycles. The molecule has 0 spiro atoms. The van der Waals surface area contributed by atoms with Crippen LogP contribution < -0.4 is 0 Å². The van der Waals surface area contributed by atoms with E-state index in [1.807, 2.05) is 0 Å². The summed E-state index contributed by atoms with van der Waals surface area (Å²) in [5.74, 6) is 0. The Labute approximate surface area is 80.7 Å². The van der Waals surface area contributed by atoms with Crippen LogP contribution >= 0.6 is 0 Å². The molecule has 6 nitrogen and oxygen atoms in total. The Morgan fingerprint density at radius 3 is 1.50 bits per heavy atom. The fraction of sp³-hybridized carbons (Fsp3) is 0. The maximum Gasteiger partial charge on any atom is 0.294 e. The van der Waals surface area contributed by atoms with Crippen LogP contribution in [0.5, 0.6) is 0 Å². The third-order valence-corrected chi connectivity index (χ3v) is 3.10. The van der Waals surface area contributed by atoms with Crippen molar-refractivity contribution in [2.45, 2.75) is 9.79 Å². The molecule has 1 aromatic carbocycles. The average molecular weight is 238 g/mol. The van der Waals surface area contributed by atoms with Crippen molar-refractivity contribution in [1.29, 1.82) is 0 Å². The van der Waals surface area contributed by atoms with Crippen molar-refractivity contribution in [2.24, 2.45) is 0 Å². The largest absolute Gasteiger partial charge is 0.294 e. The highest BCUT2D eigenvalue weighted by atomic mass is 32.2. The summed E-state index contributed by atoms with van der Waals surface area (Å²) in [6.07, 6.45) is 0. The molecular weight excluding hydrogens is 232 g/mol. The van der Waals surface area contributed by atoms with Gasteiger partial charge in [-0.3, -0.25) is 9.11 Å². The van der Waals surface area contributed by atoms with Gasteiger partial charge >= 0.3 is 0 Å². The van der Waals surface area contributed by atoms with Crippen LogP contribution in [0.1, 0.15) is 0 Å². The Hall–Kier alpha value is -0.960. The molecule has 1 aromatic rings. The van der Waals surface area contributed by atoms with Gasteiger partial charge in [-0.25, -0.2) is 0 Å². The molecule has 0 aliphatic rings. The molecule has 0 aliphatic heterocycles. The van der Waals surface area contributed by atoms with Crippen molar-refractivity contribution < 1.29 is 25.9 Å². The van der Waals surface area contributed by atoms with E-state index in [2.05, 4.69) is 0 Å². The Balaban J connectivity index is 3.44. The lowest BCUT2D eigenvalue weighted by molar-refractivity contribution is 0.481. The SMILES string of the molecule is O=S(=O)(O)c1cccc(S(=O)(=O)O)c1. The number of hydrogen-bond donors (Lipinski definition) is 2. The molecule has 1 rings (SSSR count). The highest BCUT2D eigenvalue weighted by Gasteiger charge is 2.15. The normalized spacial score (nSPS) is 12.7. The van der Waals surface area contributed by atoms with Crippen molar-refractivity contribution in [3.63, 3.8) is 0 Å². The summed E-state index contributed by atoms with van der Waals surface area (Å²) < 4.78 is 59.5. The van der Waals surface area contributed by atoms with Gasteiger partial charge in [0.15, 0.2) is 0 Å². The van der Waals surface area contributed by atoms with E-state index in [0.29, 0.717) is 6.07 Å². The molecule has 8 heteroatoms. The summed E-state index contributed by atoms with van der Waals surface area (Å²) in [6, 6.07) is 3.75. The molecule has 0 radical (unpaired) electrons. The van der Waals surface area contributed by atoms with Crippen LogP contribution in [0, 0.1) is 0 Å². The van der Waals surface area contributed by atoms with Crippen molar-refractivity contribution in [3.8, 4) is 0 Å². The Kier molecular flexibility index (Phi) is 2.63. The maximum atomic E-state index is 10.6. The third kappa shape index (κ3) is 2.51. The standard InChI is InChI=1S/C6H6O6S2/c7-13(8,9)5-2-1-3-6(4-5)14(10,11)12/h1-4H,(H,7,8,9)(H,10,11,12). The van der Waals surface area contributed by atoms with Crippen molar-refractivity contribution in [3.05, 3.63) is 24.3 Å². The van der Waals surface area contributed by atoms with E-state index in [4.69, 9.17) is 9.11 Å². The first-order chi connectivity index (χ1) is 6.21. The summed E-state index contributed by atoms with van der Waals surface area (Å²) in [4.78, 5) is -1.18. The lowest BCUT2D eigenvalue weighted by Gasteiger charge is -1.99. The second-order valence-corrected chi connectivity index (χ2v) is 5.27. The number of rotatable bonds is 2. The van der Waals surface area contributed by atoms with Crippen LogP contribution in [0.4, 0.5) is 0 Å². The second kappa shape index (κ2) is 3.31. The van der Waals surface area contributed by atoms with Gasteiger partial charge in [-0.05, 0) is 18.2 Å². The Morgan fingerprint density at radius 2 is 1.21 bits per heavy atom. The van der Waals surface area contributed by atoms with Gasteiger partial charge in [-0.1, -0.05) is 6.07 Å². The van der Waals surface area contributed by atoms with Crippen LogP contribution in [0.15, 0.2) is 34.1 Å². The van der Waals surface area contributed by atoms with Gasteiger partial charge in [0.05, 0.1) is 9.79 Å². The molecule has 0 atom stereocenters. The highest BCUT2D eigenvalue weighted by molar-refractivity contribution is 7.86. The summed E-state index contributed by atoms with van der Waals surface area (Å²) in [7, 11) is -8.92. The molecule has 0 unspecified atom stereocenters. The molecule has 78 valence electrons. The molecule has 0 aliphatic carbocycles. The first-order valence-corrected chi connectivity index (χ1v) is 6.14. The first-order valence-electron chi connectivity index (χ1n) is 3.26. The molecule has 2 N–H and O–H groups in total. The predicted molar refractivity (Wildman–Crippen MR) is 46.1 cm³/mol. The van der Waals surface area contributed by atoms with Gasteiger partial charge in [0.25, 0.3) is 20.2 Å². The van der Waals surface area contributed by atoms with E-state index in [0.717, 1.165) is 18.2 Å². The van der Waals surface area contributed by atoms with Crippen LogP contribution in [-0.2, 0) is 20.2 Å². The van der Waals surface area contributed by atoms with Gasteiger partial charge in [0.2, 0.25) is 0 Å². The van der Waals surface area contributed by atoms with Gasteiger partial charge in [-0.2, -0.15) is 16.8 Å². The predicted octanol–water partition coefficient (Wildman–Crippen LogP) is 0.180. The van der Waals surface area contributed by atoms with Gasteiger partial charge in [0, 0.05) is 0 Å². The minimum Gasteiger partial charge on any atom is -0.282 e. The monoisotopic (exact) mass is 238 g/mol. The lowest BCUT2D eigenvalue weighted by atomic mass is 10.4. The zero-order chi connectivity index (χ0) is 11.0. The minimum atomic E-state index is -4.46. The Morgan fingerprint density at radius 1 is 0.857 bits per heavy atom. The fourth-order valence-electron chi connectivity index (χ4n) is 0.795. The molecule has 0 bridgehead atoms. The lowest BCUT2D eigenvalue weighted by Crippen LogP contribution is -2.02. The van der Waals surface area contributed by atoms with Crippen LogP contribution in [-0.4, -0.2) is 25.9 Å². The van der Waals surface area contributed by atoms with Crippen LogP contribution in [0.25, 0.3) is 0 Å².